The fraction of sp³-hybridized carbons (Fsp3) is 0.545. The van der Waals surface area contributed by atoms with E-state index in [1.54, 1.807) is 6.20 Å². The molecule has 0 amide bonds. The molecule has 2 heterocycles. The van der Waals surface area contributed by atoms with Gasteiger partial charge in [0.15, 0.2) is 0 Å². The molecule has 1 atom stereocenters. The highest BCUT2D eigenvalue weighted by atomic mass is 79.9. The van der Waals surface area contributed by atoms with Crippen LogP contribution in [-0.2, 0) is 4.74 Å². The molecule has 88 valence electrons. The molecule has 0 aliphatic carbocycles. The summed E-state index contributed by atoms with van der Waals surface area (Å²) >= 11 is 3.44. The van der Waals surface area contributed by atoms with Crippen LogP contribution in [0.4, 0.5) is 5.82 Å². The topological polar surface area (TPSA) is 54.4 Å². The monoisotopic (exact) mass is 286 g/mol. The Morgan fingerprint density at radius 1 is 1.69 bits per heavy atom. The Labute approximate surface area is 103 Å². The molecule has 0 bridgehead atoms. The molecule has 0 aromatic carbocycles. The van der Waals surface area contributed by atoms with Crippen molar-refractivity contribution in [3.63, 3.8) is 0 Å². The van der Waals surface area contributed by atoms with E-state index in [0.29, 0.717) is 26.2 Å². The van der Waals surface area contributed by atoms with Crippen LogP contribution < -0.4 is 5.32 Å². The minimum absolute atomic E-state index is 0.392. The van der Waals surface area contributed by atoms with E-state index in [-0.39, 0.29) is 0 Å². The predicted octanol–water partition coefficient (Wildman–Crippen LogP) is 1.72. The lowest BCUT2D eigenvalue weighted by Gasteiger charge is -2.21. The van der Waals surface area contributed by atoms with Crippen molar-refractivity contribution in [2.45, 2.75) is 18.9 Å². The van der Waals surface area contributed by atoms with Crippen LogP contribution in [0.1, 0.15) is 12.0 Å². The van der Waals surface area contributed by atoms with Crippen molar-refractivity contribution in [1.82, 2.24) is 4.98 Å². The molecule has 2 N–H and O–H groups in total. The molecule has 4 nitrogen and oxygen atoms in total. The number of aliphatic hydroxyl groups is 1. The molecule has 0 saturated carbocycles. The predicted molar refractivity (Wildman–Crippen MR) is 65.5 cm³/mol. The molecule has 1 aliphatic rings. The first-order chi connectivity index (χ1) is 7.59. The molecule has 0 radical (unpaired) electrons. The summed E-state index contributed by atoms with van der Waals surface area (Å²) in [5.74, 6) is 0.755. The van der Waals surface area contributed by atoms with E-state index >= 15 is 0 Å². The fourth-order valence-electron chi connectivity index (χ4n) is 1.65. The van der Waals surface area contributed by atoms with Gasteiger partial charge in [-0.1, -0.05) is 0 Å². The molecular formula is C11H15BrN2O2. The lowest BCUT2D eigenvalue weighted by molar-refractivity contribution is 0.0381. The summed E-state index contributed by atoms with van der Waals surface area (Å²) in [6, 6.07) is 1.99. The first-order valence-electron chi connectivity index (χ1n) is 5.25. The van der Waals surface area contributed by atoms with E-state index in [1.165, 1.54) is 0 Å². The number of hydrogen-bond acceptors (Lipinski definition) is 4. The summed E-state index contributed by atoms with van der Waals surface area (Å²) in [6.07, 6.45) is 2.46. The number of aromatic nitrogens is 1. The highest BCUT2D eigenvalue weighted by Crippen LogP contribution is 2.23. The molecule has 2 rings (SSSR count). The van der Waals surface area contributed by atoms with Gasteiger partial charge in [0.2, 0.25) is 0 Å². The average molecular weight is 287 g/mol. The number of aryl methyl sites for hydroxylation is 1. The number of rotatable bonds is 3. The van der Waals surface area contributed by atoms with Crippen LogP contribution in [-0.4, -0.2) is 35.5 Å². The second-order valence-electron chi connectivity index (χ2n) is 4.22. The Balaban J connectivity index is 1.99. The zero-order chi connectivity index (χ0) is 11.6. The van der Waals surface area contributed by atoms with Gasteiger partial charge >= 0.3 is 0 Å². The first-order valence-corrected chi connectivity index (χ1v) is 6.04. The van der Waals surface area contributed by atoms with Gasteiger partial charge in [-0.05, 0) is 34.5 Å². The maximum absolute atomic E-state index is 10.1. The number of pyridine rings is 1. The van der Waals surface area contributed by atoms with Crippen molar-refractivity contribution in [2.75, 3.05) is 25.1 Å². The van der Waals surface area contributed by atoms with Crippen molar-refractivity contribution in [1.29, 1.82) is 0 Å². The van der Waals surface area contributed by atoms with Crippen molar-refractivity contribution in [3.05, 3.63) is 22.3 Å². The van der Waals surface area contributed by atoms with Crippen LogP contribution in [0.25, 0.3) is 0 Å². The van der Waals surface area contributed by atoms with E-state index in [1.807, 2.05) is 13.0 Å². The van der Waals surface area contributed by atoms with Crippen LogP contribution in [0.15, 0.2) is 16.7 Å². The molecule has 1 aromatic heterocycles. The Morgan fingerprint density at radius 3 is 3.12 bits per heavy atom. The number of nitrogens with zero attached hydrogens (tertiary/aromatic N) is 1. The van der Waals surface area contributed by atoms with E-state index in [2.05, 4.69) is 26.2 Å². The van der Waals surface area contributed by atoms with Gasteiger partial charge in [0, 0.05) is 25.8 Å². The SMILES string of the molecule is Cc1cnc(NCC2(O)CCOC2)c(Br)c1. The first kappa shape index (κ1) is 11.8. The van der Waals surface area contributed by atoms with Crippen molar-refractivity contribution < 1.29 is 9.84 Å². The van der Waals surface area contributed by atoms with Gasteiger partial charge in [0.05, 0.1) is 11.1 Å². The lowest BCUT2D eigenvalue weighted by Crippen LogP contribution is -2.37. The van der Waals surface area contributed by atoms with Crippen LogP contribution in [0.5, 0.6) is 0 Å². The van der Waals surface area contributed by atoms with Gasteiger partial charge in [0.25, 0.3) is 0 Å². The van der Waals surface area contributed by atoms with Gasteiger partial charge in [-0.2, -0.15) is 0 Å². The second kappa shape index (κ2) is 4.69. The maximum Gasteiger partial charge on any atom is 0.140 e. The minimum atomic E-state index is -0.758. The van der Waals surface area contributed by atoms with Gasteiger partial charge in [-0.3, -0.25) is 0 Å². The number of ether oxygens (including phenoxy) is 1. The molecular weight excluding hydrogens is 272 g/mol. The Kier molecular flexibility index (Phi) is 3.47. The molecule has 0 spiro atoms. The summed E-state index contributed by atoms with van der Waals surface area (Å²) in [7, 11) is 0. The van der Waals surface area contributed by atoms with E-state index < -0.39 is 5.60 Å². The van der Waals surface area contributed by atoms with Gasteiger partial charge in [-0.15, -0.1) is 0 Å². The van der Waals surface area contributed by atoms with Crippen molar-refractivity contribution in [2.24, 2.45) is 0 Å². The van der Waals surface area contributed by atoms with Crippen LogP contribution in [0, 0.1) is 6.92 Å². The summed E-state index contributed by atoms with van der Waals surface area (Å²) < 4.78 is 6.09. The number of nitrogens with one attached hydrogen (secondary N) is 1. The summed E-state index contributed by atoms with van der Waals surface area (Å²) in [5.41, 5.74) is 0.340. The number of anilines is 1. The summed E-state index contributed by atoms with van der Waals surface area (Å²) in [4.78, 5) is 4.26. The van der Waals surface area contributed by atoms with Crippen LogP contribution >= 0.6 is 15.9 Å². The van der Waals surface area contributed by atoms with E-state index in [0.717, 1.165) is 15.9 Å². The lowest BCUT2D eigenvalue weighted by atomic mass is 10.0. The summed E-state index contributed by atoms with van der Waals surface area (Å²) in [5, 5.41) is 13.2. The third-order valence-corrected chi connectivity index (χ3v) is 3.25. The second-order valence-corrected chi connectivity index (χ2v) is 5.08. The third kappa shape index (κ3) is 2.72. The zero-order valence-electron chi connectivity index (χ0n) is 9.16. The molecule has 1 aromatic rings. The Morgan fingerprint density at radius 2 is 2.50 bits per heavy atom. The van der Waals surface area contributed by atoms with Gasteiger partial charge in [0.1, 0.15) is 11.4 Å². The Bertz CT molecular complexity index is 378. The standard InChI is InChI=1S/C11H15BrN2O2/c1-8-4-9(12)10(13-5-8)14-6-11(15)2-3-16-7-11/h4-5,15H,2-3,6-7H2,1H3,(H,13,14). The van der Waals surface area contributed by atoms with E-state index in [4.69, 9.17) is 4.74 Å². The van der Waals surface area contributed by atoms with Gasteiger partial charge < -0.3 is 15.2 Å². The highest BCUT2D eigenvalue weighted by molar-refractivity contribution is 9.10. The number of halogens is 1. The van der Waals surface area contributed by atoms with Crippen LogP contribution in [0.2, 0.25) is 0 Å². The van der Waals surface area contributed by atoms with E-state index in [9.17, 15) is 5.11 Å². The molecule has 1 saturated heterocycles. The van der Waals surface area contributed by atoms with Gasteiger partial charge in [-0.25, -0.2) is 4.98 Å². The Hall–Kier alpha value is -0.650. The summed E-state index contributed by atoms with van der Waals surface area (Å²) in [6.45, 7) is 3.46. The highest BCUT2D eigenvalue weighted by Gasteiger charge is 2.32. The average Bonchev–Trinajstić information content (AvgIpc) is 2.64. The number of hydrogen-bond donors (Lipinski definition) is 2. The molecule has 1 fully saturated rings. The van der Waals surface area contributed by atoms with Crippen molar-refractivity contribution >= 4 is 21.7 Å². The smallest absolute Gasteiger partial charge is 0.140 e. The molecule has 1 unspecified atom stereocenters. The molecule has 1 aliphatic heterocycles. The minimum Gasteiger partial charge on any atom is -0.386 e. The molecule has 5 heteroatoms. The van der Waals surface area contributed by atoms with Crippen LogP contribution in [0.3, 0.4) is 0 Å². The zero-order valence-corrected chi connectivity index (χ0v) is 10.7. The van der Waals surface area contributed by atoms with Crippen molar-refractivity contribution in [3.8, 4) is 0 Å². The third-order valence-electron chi connectivity index (χ3n) is 2.65. The fourth-order valence-corrected chi connectivity index (χ4v) is 2.25. The normalized spacial score (nSPS) is 24.7. The largest absolute Gasteiger partial charge is 0.386 e. The quantitative estimate of drug-likeness (QED) is 0.888. The molecule has 16 heavy (non-hydrogen) atoms. The maximum atomic E-state index is 10.1.